The highest BCUT2D eigenvalue weighted by molar-refractivity contribution is 5.89. The van der Waals surface area contributed by atoms with Crippen LogP contribution in [-0.4, -0.2) is 40.2 Å². The van der Waals surface area contributed by atoms with Gasteiger partial charge < -0.3 is 15.3 Å². The number of carbonyl (C=O) groups is 1. The van der Waals surface area contributed by atoms with Crippen molar-refractivity contribution >= 4 is 17.4 Å². The van der Waals surface area contributed by atoms with E-state index in [-0.39, 0.29) is 11.7 Å². The molecule has 1 aliphatic rings. The fourth-order valence-corrected chi connectivity index (χ4v) is 2.07. The predicted octanol–water partition coefficient (Wildman–Crippen LogP) is 1.50. The first-order chi connectivity index (χ1) is 8.97. The molecule has 7 heteroatoms. The van der Waals surface area contributed by atoms with Crippen LogP contribution in [0.5, 0.6) is 0 Å². The molecule has 0 aromatic heterocycles. The Morgan fingerprint density at radius 1 is 1.58 bits per heavy atom. The molecule has 0 saturated carbocycles. The van der Waals surface area contributed by atoms with E-state index < -0.39 is 11.0 Å². The van der Waals surface area contributed by atoms with Gasteiger partial charge in [0.05, 0.1) is 11.0 Å². The van der Waals surface area contributed by atoms with Gasteiger partial charge >= 0.3 is 6.03 Å². The first-order valence-electron chi connectivity index (χ1n) is 5.96. The van der Waals surface area contributed by atoms with Gasteiger partial charge in [-0.15, -0.1) is 0 Å². The number of anilines is 1. The number of likely N-dealkylation sites (tertiary alicyclic amines) is 1. The van der Waals surface area contributed by atoms with Gasteiger partial charge in [-0.2, -0.15) is 0 Å². The molecular weight excluding hydrogens is 250 g/mol. The molecule has 102 valence electrons. The van der Waals surface area contributed by atoms with Crippen LogP contribution in [0.15, 0.2) is 18.2 Å². The number of carbonyl (C=O) groups excluding carboxylic acids is 1. The maximum absolute atomic E-state index is 11.9. The quantitative estimate of drug-likeness (QED) is 0.625. The minimum absolute atomic E-state index is 0.0228. The van der Waals surface area contributed by atoms with Gasteiger partial charge in [-0.25, -0.2) is 4.79 Å². The summed E-state index contributed by atoms with van der Waals surface area (Å²) in [6.07, 6.45) is 0.108. The van der Waals surface area contributed by atoms with E-state index in [0.29, 0.717) is 30.8 Å². The van der Waals surface area contributed by atoms with Crippen LogP contribution in [0.2, 0.25) is 0 Å². The molecule has 1 aliphatic heterocycles. The number of hydrogen-bond donors (Lipinski definition) is 2. The molecule has 0 bridgehead atoms. The van der Waals surface area contributed by atoms with Crippen LogP contribution in [0.1, 0.15) is 12.0 Å². The Kier molecular flexibility index (Phi) is 3.66. The summed E-state index contributed by atoms with van der Waals surface area (Å²) in [5.41, 5.74) is 1.02. The molecule has 1 heterocycles. The van der Waals surface area contributed by atoms with Crippen molar-refractivity contribution in [3.05, 3.63) is 33.9 Å². The van der Waals surface area contributed by atoms with Crippen LogP contribution >= 0.6 is 0 Å². The molecule has 2 rings (SSSR count). The molecule has 1 fully saturated rings. The second kappa shape index (κ2) is 5.23. The summed E-state index contributed by atoms with van der Waals surface area (Å²) >= 11 is 0. The molecule has 1 aromatic rings. The van der Waals surface area contributed by atoms with Crippen LogP contribution in [0.3, 0.4) is 0 Å². The zero-order valence-corrected chi connectivity index (χ0v) is 10.5. The van der Waals surface area contributed by atoms with Crippen molar-refractivity contribution in [1.29, 1.82) is 0 Å². The molecule has 0 aliphatic carbocycles. The van der Waals surface area contributed by atoms with Gasteiger partial charge in [0.1, 0.15) is 0 Å². The fourth-order valence-electron chi connectivity index (χ4n) is 2.07. The van der Waals surface area contributed by atoms with Crippen molar-refractivity contribution in [3.63, 3.8) is 0 Å². The minimum atomic E-state index is -0.468. The number of hydrogen-bond acceptors (Lipinski definition) is 4. The largest absolute Gasteiger partial charge is 0.391 e. The molecule has 1 aromatic carbocycles. The Balaban J connectivity index is 2.05. The Hall–Kier alpha value is -2.15. The molecule has 1 saturated heterocycles. The molecule has 1 atom stereocenters. The smallest absolute Gasteiger partial charge is 0.321 e. The summed E-state index contributed by atoms with van der Waals surface area (Å²) < 4.78 is 0. The number of nitrogens with zero attached hydrogens (tertiary/aromatic N) is 2. The molecule has 0 unspecified atom stereocenters. The van der Waals surface area contributed by atoms with Crippen LogP contribution in [0, 0.1) is 17.0 Å². The predicted molar refractivity (Wildman–Crippen MR) is 69.0 cm³/mol. The SMILES string of the molecule is Cc1cc(NC(=O)N2CC[C@H](O)C2)ccc1[N+](=O)[O-]. The van der Waals surface area contributed by atoms with E-state index in [2.05, 4.69) is 5.32 Å². The van der Waals surface area contributed by atoms with Gasteiger partial charge in [-0.3, -0.25) is 10.1 Å². The normalized spacial score (nSPS) is 18.4. The number of amides is 2. The Bertz CT molecular complexity index is 518. The number of nitrogens with one attached hydrogen (secondary N) is 1. The summed E-state index contributed by atoms with van der Waals surface area (Å²) in [4.78, 5) is 23.6. The molecule has 0 radical (unpaired) electrons. The number of aliphatic hydroxyl groups is 1. The molecular formula is C12H15N3O4. The molecule has 2 N–H and O–H groups in total. The summed E-state index contributed by atoms with van der Waals surface area (Å²) in [6.45, 7) is 2.45. The van der Waals surface area contributed by atoms with Crippen molar-refractivity contribution in [2.75, 3.05) is 18.4 Å². The number of aryl methyl sites for hydroxylation is 1. The third-order valence-corrected chi connectivity index (χ3v) is 3.10. The second-order valence-corrected chi connectivity index (χ2v) is 4.58. The van der Waals surface area contributed by atoms with Gasteiger partial charge in [-0.05, 0) is 25.5 Å². The molecule has 19 heavy (non-hydrogen) atoms. The van der Waals surface area contributed by atoms with Gasteiger partial charge in [0, 0.05) is 30.4 Å². The lowest BCUT2D eigenvalue weighted by atomic mass is 10.2. The minimum Gasteiger partial charge on any atom is -0.391 e. The van der Waals surface area contributed by atoms with Crippen molar-refractivity contribution < 1.29 is 14.8 Å². The maximum Gasteiger partial charge on any atom is 0.321 e. The van der Waals surface area contributed by atoms with E-state index in [1.807, 2.05) is 0 Å². The topological polar surface area (TPSA) is 95.7 Å². The second-order valence-electron chi connectivity index (χ2n) is 4.58. The number of benzene rings is 1. The van der Waals surface area contributed by atoms with E-state index >= 15 is 0 Å². The van der Waals surface area contributed by atoms with E-state index in [1.54, 1.807) is 13.0 Å². The zero-order chi connectivity index (χ0) is 14.0. The average molecular weight is 265 g/mol. The number of aliphatic hydroxyl groups excluding tert-OH is 1. The number of urea groups is 1. The van der Waals surface area contributed by atoms with E-state index in [0.717, 1.165) is 0 Å². The highest BCUT2D eigenvalue weighted by Gasteiger charge is 2.24. The standard InChI is InChI=1S/C12H15N3O4/c1-8-6-9(2-3-11(8)15(18)19)13-12(17)14-5-4-10(16)7-14/h2-3,6,10,16H,4-5,7H2,1H3,(H,13,17)/t10-/m0/s1. The van der Waals surface area contributed by atoms with Gasteiger partial charge in [0.15, 0.2) is 0 Å². The lowest BCUT2D eigenvalue weighted by Crippen LogP contribution is -2.33. The summed E-state index contributed by atoms with van der Waals surface area (Å²) in [6, 6.07) is 4.12. The molecule has 7 nitrogen and oxygen atoms in total. The average Bonchev–Trinajstić information content (AvgIpc) is 2.75. The van der Waals surface area contributed by atoms with Crippen molar-refractivity contribution in [1.82, 2.24) is 4.90 Å². The van der Waals surface area contributed by atoms with E-state index in [9.17, 15) is 20.0 Å². The lowest BCUT2D eigenvalue weighted by molar-refractivity contribution is -0.385. The van der Waals surface area contributed by atoms with Crippen LogP contribution in [0.25, 0.3) is 0 Å². The highest BCUT2D eigenvalue weighted by atomic mass is 16.6. The van der Waals surface area contributed by atoms with Gasteiger partial charge in [0.2, 0.25) is 0 Å². The first kappa shape index (κ1) is 13.3. The summed E-state index contributed by atoms with van der Waals surface area (Å²) in [5, 5.41) is 22.7. The van der Waals surface area contributed by atoms with Crippen LogP contribution in [0.4, 0.5) is 16.2 Å². The van der Waals surface area contributed by atoms with Gasteiger partial charge in [-0.1, -0.05) is 0 Å². The Morgan fingerprint density at radius 3 is 2.84 bits per heavy atom. The monoisotopic (exact) mass is 265 g/mol. The Morgan fingerprint density at radius 2 is 2.32 bits per heavy atom. The van der Waals surface area contributed by atoms with Gasteiger partial charge in [0.25, 0.3) is 5.69 Å². The highest BCUT2D eigenvalue weighted by Crippen LogP contribution is 2.22. The molecule has 2 amide bonds. The van der Waals surface area contributed by atoms with E-state index in [1.165, 1.54) is 17.0 Å². The number of nitro benzene ring substituents is 1. The zero-order valence-electron chi connectivity index (χ0n) is 10.5. The van der Waals surface area contributed by atoms with Crippen molar-refractivity contribution in [2.24, 2.45) is 0 Å². The molecule has 0 spiro atoms. The maximum atomic E-state index is 11.9. The number of rotatable bonds is 2. The van der Waals surface area contributed by atoms with Crippen molar-refractivity contribution in [3.8, 4) is 0 Å². The third kappa shape index (κ3) is 3.00. The van der Waals surface area contributed by atoms with Crippen molar-refractivity contribution in [2.45, 2.75) is 19.4 Å². The summed E-state index contributed by atoms with van der Waals surface area (Å²) in [5.74, 6) is 0. The Labute approximate surface area is 110 Å². The van der Waals surface area contributed by atoms with Crippen LogP contribution in [-0.2, 0) is 0 Å². The fraction of sp³-hybridized carbons (Fsp3) is 0.417. The van der Waals surface area contributed by atoms with Crippen LogP contribution < -0.4 is 5.32 Å². The lowest BCUT2D eigenvalue weighted by Gasteiger charge is -2.16. The first-order valence-corrected chi connectivity index (χ1v) is 5.96. The van der Waals surface area contributed by atoms with E-state index in [4.69, 9.17) is 0 Å². The number of nitro groups is 1. The summed E-state index contributed by atoms with van der Waals surface area (Å²) in [7, 11) is 0. The number of β-amino-alcohol motifs (C(OH)–C–C–N with tert-alkyl or cyclic N) is 1. The third-order valence-electron chi connectivity index (χ3n) is 3.10.